The van der Waals surface area contributed by atoms with Crippen LogP contribution < -0.4 is 10.6 Å². The highest BCUT2D eigenvalue weighted by Crippen LogP contribution is 2.22. The van der Waals surface area contributed by atoms with Gasteiger partial charge in [0.05, 0.1) is 23.3 Å². The van der Waals surface area contributed by atoms with Crippen LogP contribution in [-0.2, 0) is 4.79 Å². The molecule has 1 amide bonds. The molecule has 2 aromatic carbocycles. The minimum Gasteiger partial charge on any atom is -0.375 e. The van der Waals surface area contributed by atoms with Crippen LogP contribution in [0.3, 0.4) is 0 Å². The maximum Gasteiger partial charge on any atom is 0.239 e. The topological polar surface area (TPSA) is 41.1 Å². The molecule has 0 heterocycles. The lowest BCUT2D eigenvalue weighted by Gasteiger charge is -2.15. The molecule has 2 N–H and O–H groups in total. The Balaban J connectivity index is 1.87. The van der Waals surface area contributed by atoms with Gasteiger partial charge in [-0.05, 0) is 37.1 Å². The summed E-state index contributed by atoms with van der Waals surface area (Å²) in [7, 11) is 0. The molecule has 1 atom stereocenters. The summed E-state index contributed by atoms with van der Waals surface area (Å²) < 4.78 is 0. The summed E-state index contributed by atoms with van der Waals surface area (Å²) in [6, 6.07) is 15.6. The third-order valence-electron chi connectivity index (χ3n) is 3.24. The van der Waals surface area contributed by atoms with E-state index in [2.05, 4.69) is 10.6 Å². The number of amides is 1. The van der Waals surface area contributed by atoms with Gasteiger partial charge in [0.2, 0.25) is 5.91 Å². The van der Waals surface area contributed by atoms with Crippen molar-refractivity contribution < 1.29 is 4.79 Å². The van der Waals surface area contributed by atoms with Crippen molar-refractivity contribution in [3.63, 3.8) is 0 Å². The van der Waals surface area contributed by atoms with Crippen LogP contribution in [0.2, 0.25) is 5.02 Å². The van der Waals surface area contributed by atoms with Crippen LogP contribution in [-0.4, -0.2) is 12.5 Å². The van der Waals surface area contributed by atoms with Crippen molar-refractivity contribution in [2.45, 2.75) is 19.9 Å². The van der Waals surface area contributed by atoms with Crippen molar-refractivity contribution in [3.05, 3.63) is 64.7 Å². The van der Waals surface area contributed by atoms with E-state index in [4.69, 9.17) is 11.6 Å². The lowest BCUT2D eigenvalue weighted by Crippen LogP contribution is -2.32. The maximum atomic E-state index is 12.0. The molecule has 0 aliphatic rings. The van der Waals surface area contributed by atoms with Crippen LogP contribution >= 0.6 is 11.6 Å². The molecular weight excluding hydrogens is 284 g/mol. The van der Waals surface area contributed by atoms with E-state index < -0.39 is 0 Å². The molecule has 2 rings (SSSR count). The third kappa shape index (κ3) is 4.50. The van der Waals surface area contributed by atoms with Crippen LogP contribution in [0.15, 0.2) is 48.5 Å². The van der Waals surface area contributed by atoms with Crippen LogP contribution in [0.25, 0.3) is 0 Å². The van der Waals surface area contributed by atoms with Gasteiger partial charge in [0.25, 0.3) is 0 Å². The number of carbonyl (C=O) groups excluding carboxylic acids is 1. The van der Waals surface area contributed by atoms with E-state index in [1.807, 2.05) is 62.4 Å². The van der Waals surface area contributed by atoms with Crippen molar-refractivity contribution in [1.29, 1.82) is 0 Å². The van der Waals surface area contributed by atoms with E-state index in [1.165, 1.54) is 0 Å². The van der Waals surface area contributed by atoms with Gasteiger partial charge in [-0.3, -0.25) is 4.79 Å². The molecule has 110 valence electrons. The van der Waals surface area contributed by atoms with E-state index in [1.54, 1.807) is 0 Å². The zero-order valence-corrected chi connectivity index (χ0v) is 12.9. The van der Waals surface area contributed by atoms with Gasteiger partial charge in [-0.1, -0.05) is 48.0 Å². The molecule has 0 saturated heterocycles. The van der Waals surface area contributed by atoms with E-state index in [-0.39, 0.29) is 18.5 Å². The second kappa shape index (κ2) is 7.14. The highest BCUT2D eigenvalue weighted by Gasteiger charge is 2.09. The van der Waals surface area contributed by atoms with Gasteiger partial charge in [-0.15, -0.1) is 0 Å². The van der Waals surface area contributed by atoms with Gasteiger partial charge in [-0.2, -0.15) is 0 Å². The second-order valence-corrected chi connectivity index (χ2v) is 5.44. The Hall–Kier alpha value is -2.00. The van der Waals surface area contributed by atoms with E-state index in [9.17, 15) is 4.79 Å². The summed E-state index contributed by atoms with van der Waals surface area (Å²) in [4.78, 5) is 12.0. The molecule has 0 aliphatic heterocycles. The molecule has 0 radical (unpaired) electrons. The number of benzene rings is 2. The molecule has 0 saturated carbocycles. The molecule has 1 unspecified atom stereocenters. The highest BCUT2D eigenvalue weighted by atomic mass is 35.5. The first-order chi connectivity index (χ1) is 10.1. The number of halogens is 1. The monoisotopic (exact) mass is 302 g/mol. The zero-order chi connectivity index (χ0) is 15.2. The van der Waals surface area contributed by atoms with Gasteiger partial charge in [0.15, 0.2) is 0 Å². The lowest BCUT2D eigenvalue weighted by atomic mass is 10.1. The first kappa shape index (κ1) is 15.4. The summed E-state index contributed by atoms with van der Waals surface area (Å²) in [5, 5.41) is 6.63. The first-order valence-electron chi connectivity index (χ1n) is 6.90. The van der Waals surface area contributed by atoms with Gasteiger partial charge < -0.3 is 10.6 Å². The average molecular weight is 303 g/mol. The Morgan fingerprint density at radius 3 is 2.57 bits per heavy atom. The summed E-state index contributed by atoms with van der Waals surface area (Å²) in [5.74, 6) is -0.0667. The Morgan fingerprint density at radius 2 is 1.90 bits per heavy atom. The fourth-order valence-electron chi connectivity index (χ4n) is 2.06. The molecular formula is C17H19ClN2O. The molecule has 21 heavy (non-hydrogen) atoms. The molecule has 4 heteroatoms. The Kier molecular flexibility index (Phi) is 5.23. The Morgan fingerprint density at radius 1 is 1.19 bits per heavy atom. The van der Waals surface area contributed by atoms with E-state index in [0.29, 0.717) is 5.02 Å². The summed E-state index contributed by atoms with van der Waals surface area (Å²) in [5.41, 5.74) is 2.94. The molecule has 0 bridgehead atoms. The number of rotatable bonds is 5. The highest BCUT2D eigenvalue weighted by molar-refractivity contribution is 6.33. The van der Waals surface area contributed by atoms with Crippen LogP contribution in [0.4, 0.5) is 5.69 Å². The maximum absolute atomic E-state index is 12.0. The van der Waals surface area contributed by atoms with Crippen molar-refractivity contribution in [3.8, 4) is 0 Å². The largest absolute Gasteiger partial charge is 0.375 e. The van der Waals surface area contributed by atoms with Gasteiger partial charge in [-0.25, -0.2) is 0 Å². The number of hydrogen-bond acceptors (Lipinski definition) is 2. The van der Waals surface area contributed by atoms with Gasteiger partial charge in [0, 0.05) is 0 Å². The Bertz CT molecular complexity index is 613. The number of nitrogens with one attached hydrogen (secondary N) is 2. The SMILES string of the molecule is Cc1ccc(NCC(=O)NC(C)c2ccccc2)c(Cl)c1. The number of anilines is 1. The summed E-state index contributed by atoms with van der Waals surface area (Å²) >= 11 is 6.12. The minimum atomic E-state index is -0.0667. The lowest BCUT2D eigenvalue weighted by molar-refractivity contribution is -0.120. The first-order valence-corrected chi connectivity index (χ1v) is 7.28. The predicted molar refractivity (Wildman–Crippen MR) is 87.7 cm³/mol. The van der Waals surface area contributed by atoms with Crippen LogP contribution in [0.1, 0.15) is 24.1 Å². The zero-order valence-electron chi connectivity index (χ0n) is 12.2. The van der Waals surface area contributed by atoms with Crippen LogP contribution in [0.5, 0.6) is 0 Å². The molecule has 2 aromatic rings. The van der Waals surface area contributed by atoms with Crippen molar-refractivity contribution in [2.75, 3.05) is 11.9 Å². The van der Waals surface area contributed by atoms with E-state index >= 15 is 0 Å². The fourth-order valence-corrected chi connectivity index (χ4v) is 2.36. The standard InChI is InChI=1S/C17H19ClN2O/c1-12-8-9-16(15(18)10-12)19-11-17(21)20-13(2)14-6-4-3-5-7-14/h3-10,13,19H,11H2,1-2H3,(H,20,21). The summed E-state index contributed by atoms with van der Waals surface area (Å²) in [6.45, 7) is 4.13. The molecule has 0 aromatic heterocycles. The Labute approximate surface area is 130 Å². The van der Waals surface area contributed by atoms with Crippen molar-refractivity contribution in [2.24, 2.45) is 0 Å². The predicted octanol–water partition coefficient (Wildman–Crippen LogP) is 3.94. The third-order valence-corrected chi connectivity index (χ3v) is 3.55. The normalized spacial score (nSPS) is 11.8. The minimum absolute atomic E-state index is 0.0195. The second-order valence-electron chi connectivity index (χ2n) is 5.04. The van der Waals surface area contributed by atoms with Crippen molar-refractivity contribution >= 4 is 23.2 Å². The molecule has 0 fully saturated rings. The fraction of sp³-hybridized carbons (Fsp3) is 0.235. The van der Waals surface area contributed by atoms with Gasteiger partial charge >= 0.3 is 0 Å². The molecule has 0 aliphatic carbocycles. The molecule has 0 spiro atoms. The molecule has 3 nitrogen and oxygen atoms in total. The van der Waals surface area contributed by atoms with Crippen LogP contribution in [0, 0.1) is 6.92 Å². The van der Waals surface area contributed by atoms with Crippen molar-refractivity contribution in [1.82, 2.24) is 5.32 Å². The van der Waals surface area contributed by atoms with E-state index in [0.717, 1.165) is 16.8 Å². The number of hydrogen-bond donors (Lipinski definition) is 2. The smallest absolute Gasteiger partial charge is 0.239 e. The quantitative estimate of drug-likeness (QED) is 0.878. The number of aryl methyl sites for hydroxylation is 1. The average Bonchev–Trinajstić information content (AvgIpc) is 2.47. The van der Waals surface area contributed by atoms with Gasteiger partial charge in [0.1, 0.15) is 0 Å². The number of carbonyl (C=O) groups is 1. The summed E-state index contributed by atoms with van der Waals surface area (Å²) in [6.07, 6.45) is 0.